The van der Waals surface area contributed by atoms with E-state index in [9.17, 15) is 0 Å². The summed E-state index contributed by atoms with van der Waals surface area (Å²) in [4.78, 5) is 2.44. The standard InChI is InChI=1S/C15H24N2OS/c1-17(15(12-16)7-9-19-10-8-15)11-13-3-5-14(18-2)6-4-13/h3-6H,7-12,16H2,1-2H3. The molecule has 2 rings (SSSR count). The van der Waals surface area contributed by atoms with Crippen LogP contribution in [0.4, 0.5) is 0 Å². The molecule has 2 N–H and O–H groups in total. The molecule has 1 saturated heterocycles. The molecule has 19 heavy (non-hydrogen) atoms. The monoisotopic (exact) mass is 280 g/mol. The van der Waals surface area contributed by atoms with Crippen LogP contribution < -0.4 is 10.5 Å². The second kappa shape index (κ2) is 6.64. The third kappa shape index (κ3) is 3.44. The lowest BCUT2D eigenvalue weighted by atomic mass is 9.90. The van der Waals surface area contributed by atoms with E-state index in [1.54, 1.807) is 7.11 Å². The summed E-state index contributed by atoms with van der Waals surface area (Å²) in [6, 6.07) is 8.32. The predicted octanol–water partition coefficient (Wildman–Crippen LogP) is 2.35. The van der Waals surface area contributed by atoms with E-state index in [1.165, 1.54) is 29.9 Å². The summed E-state index contributed by atoms with van der Waals surface area (Å²) in [5, 5.41) is 0. The topological polar surface area (TPSA) is 38.5 Å². The van der Waals surface area contributed by atoms with Crippen molar-refractivity contribution in [3.05, 3.63) is 29.8 Å². The van der Waals surface area contributed by atoms with Crippen molar-refractivity contribution in [3.8, 4) is 5.75 Å². The number of hydrogen-bond acceptors (Lipinski definition) is 4. The number of nitrogens with zero attached hydrogens (tertiary/aromatic N) is 1. The first kappa shape index (κ1) is 14.7. The van der Waals surface area contributed by atoms with Gasteiger partial charge in [0.25, 0.3) is 0 Å². The quantitative estimate of drug-likeness (QED) is 0.898. The Morgan fingerprint density at radius 2 is 1.89 bits per heavy atom. The molecule has 0 spiro atoms. The molecule has 1 aliphatic rings. The average molecular weight is 280 g/mol. The van der Waals surface area contributed by atoms with Gasteiger partial charge in [-0.25, -0.2) is 0 Å². The molecule has 1 heterocycles. The minimum atomic E-state index is 0.186. The molecule has 0 aromatic heterocycles. The Morgan fingerprint density at radius 1 is 1.26 bits per heavy atom. The Bertz CT molecular complexity index is 388. The van der Waals surface area contributed by atoms with E-state index in [-0.39, 0.29) is 5.54 Å². The van der Waals surface area contributed by atoms with Crippen molar-refractivity contribution in [2.75, 3.05) is 32.2 Å². The van der Waals surface area contributed by atoms with Gasteiger partial charge in [0.2, 0.25) is 0 Å². The Hall–Kier alpha value is -0.710. The molecule has 0 aliphatic carbocycles. The van der Waals surface area contributed by atoms with Crippen LogP contribution in [0, 0.1) is 0 Å². The molecule has 0 atom stereocenters. The van der Waals surface area contributed by atoms with E-state index < -0.39 is 0 Å². The highest BCUT2D eigenvalue weighted by Crippen LogP contribution is 2.32. The lowest BCUT2D eigenvalue weighted by Crippen LogP contribution is -2.53. The molecule has 0 bridgehead atoms. The fourth-order valence-electron chi connectivity index (χ4n) is 2.67. The van der Waals surface area contributed by atoms with E-state index in [2.05, 4.69) is 24.1 Å². The number of ether oxygens (including phenoxy) is 1. The Balaban J connectivity index is 2.03. The van der Waals surface area contributed by atoms with Gasteiger partial charge in [-0.1, -0.05) is 12.1 Å². The number of likely N-dealkylation sites (N-methyl/N-ethyl adjacent to an activating group) is 1. The van der Waals surface area contributed by atoms with Gasteiger partial charge in [0.15, 0.2) is 0 Å². The molecule has 0 amide bonds. The minimum Gasteiger partial charge on any atom is -0.497 e. The molecule has 106 valence electrons. The second-order valence-electron chi connectivity index (χ2n) is 5.24. The molecular weight excluding hydrogens is 256 g/mol. The maximum absolute atomic E-state index is 6.07. The van der Waals surface area contributed by atoms with Crippen molar-refractivity contribution in [1.29, 1.82) is 0 Å². The summed E-state index contributed by atoms with van der Waals surface area (Å²) in [6.45, 7) is 1.70. The number of methoxy groups -OCH3 is 1. The van der Waals surface area contributed by atoms with Crippen molar-refractivity contribution >= 4 is 11.8 Å². The molecule has 1 aromatic rings. The first-order chi connectivity index (χ1) is 9.20. The Morgan fingerprint density at radius 3 is 2.42 bits per heavy atom. The molecule has 3 nitrogen and oxygen atoms in total. The van der Waals surface area contributed by atoms with Gasteiger partial charge in [0, 0.05) is 18.6 Å². The minimum absolute atomic E-state index is 0.186. The largest absolute Gasteiger partial charge is 0.497 e. The number of benzene rings is 1. The molecule has 1 fully saturated rings. The van der Waals surface area contributed by atoms with Crippen molar-refractivity contribution in [3.63, 3.8) is 0 Å². The van der Waals surface area contributed by atoms with E-state index >= 15 is 0 Å². The fraction of sp³-hybridized carbons (Fsp3) is 0.600. The van der Waals surface area contributed by atoms with Crippen molar-refractivity contribution in [2.45, 2.75) is 24.9 Å². The Labute approximate surface area is 120 Å². The highest BCUT2D eigenvalue weighted by atomic mass is 32.2. The van der Waals surface area contributed by atoms with Crippen LogP contribution in [-0.2, 0) is 6.54 Å². The molecule has 1 aromatic carbocycles. The van der Waals surface area contributed by atoms with E-state index in [4.69, 9.17) is 10.5 Å². The maximum Gasteiger partial charge on any atom is 0.118 e. The molecule has 1 aliphatic heterocycles. The summed E-state index contributed by atoms with van der Waals surface area (Å²) in [6.07, 6.45) is 2.39. The summed E-state index contributed by atoms with van der Waals surface area (Å²) >= 11 is 2.04. The van der Waals surface area contributed by atoms with Gasteiger partial charge >= 0.3 is 0 Å². The highest BCUT2D eigenvalue weighted by molar-refractivity contribution is 7.99. The number of rotatable bonds is 5. The molecule has 0 radical (unpaired) electrons. The van der Waals surface area contributed by atoms with Crippen LogP contribution in [0.25, 0.3) is 0 Å². The lowest BCUT2D eigenvalue weighted by molar-refractivity contribution is 0.107. The third-order valence-corrected chi connectivity index (χ3v) is 5.18. The van der Waals surface area contributed by atoms with E-state index in [0.717, 1.165) is 18.8 Å². The zero-order chi connectivity index (χ0) is 13.7. The zero-order valence-electron chi connectivity index (χ0n) is 11.9. The van der Waals surface area contributed by atoms with Crippen molar-refractivity contribution in [2.24, 2.45) is 5.73 Å². The van der Waals surface area contributed by atoms with Crippen LogP contribution >= 0.6 is 11.8 Å². The number of nitrogens with two attached hydrogens (primary N) is 1. The summed E-state index contributed by atoms with van der Waals surface area (Å²) in [7, 11) is 3.90. The molecule has 0 saturated carbocycles. The SMILES string of the molecule is COc1ccc(CN(C)C2(CN)CCSCC2)cc1. The molecule has 0 unspecified atom stereocenters. The maximum atomic E-state index is 6.07. The van der Waals surface area contributed by atoms with Crippen LogP contribution in [0.5, 0.6) is 5.75 Å². The summed E-state index contributed by atoms with van der Waals surface area (Å²) in [5.41, 5.74) is 7.57. The van der Waals surface area contributed by atoms with Gasteiger partial charge in [0.1, 0.15) is 5.75 Å². The van der Waals surface area contributed by atoms with Gasteiger partial charge in [-0.15, -0.1) is 0 Å². The van der Waals surface area contributed by atoms with Crippen LogP contribution in [0.3, 0.4) is 0 Å². The van der Waals surface area contributed by atoms with Crippen molar-refractivity contribution in [1.82, 2.24) is 4.90 Å². The average Bonchev–Trinajstić information content (AvgIpc) is 2.48. The normalized spacial score (nSPS) is 18.5. The summed E-state index contributed by atoms with van der Waals surface area (Å²) < 4.78 is 5.20. The smallest absolute Gasteiger partial charge is 0.118 e. The lowest BCUT2D eigenvalue weighted by Gasteiger charge is -2.44. The van der Waals surface area contributed by atoms with Gasteiger partial charge < -0.3 is 10.5 Å². The Kier molecular flexibility index (Phi) is 5.13. The van der Waals surface area contributed by atoms with Crippen molar-refractivity contribution < 1.29 is 4.74 Å². The first-order valence-electron chi connectivity index (χ1n) is 6.82. The van der Waals surface area contributed by atoms with Crippen LogP contribution in [0.1, 0.15) is 18.4 Å². The molecular formula is C15H24N2OS. The van der Waals surface area contributed by atoms with Crippen LogP contribution in [-0.4, -0.2) is 42.6 Å². The number of hydrogen-bond donors (Lipinski definition) is 1. The number of thioether (sulfide) groups is 1. The zero-order valence-corrected chi connectivity index (χ0v) is 12.7. The van der Waals surface area contributed by atoms with Gasteiger partial charge in [-0.2, -0.15) is 11.8 Å². The van der Waals surface area contributed by atoms with Gasteiger partial charge in [-0.05, 0) is 49.1 Å². The second-order valence-corrected chi connectivity index (χ2v) is 6.47. The van der Waals surface area contributed by atoms with Crippen LogP contribution in [0.2, 0.25) is 0 Å². The predicted molar refractivity (Wildman–Crippen MR) is 82.8 cm³/mol. The fourth-order valence-corrected chi connectivity index (χ4v) is 3.92. The first-order valence-corrected chi connectivity index (χ1v) is 7.98. The van der Waals surface area contributed by atoms with Gasteiger partial charge in [0.05, 0.1) is 7.11 Å². The van der Waals surface area contributed by atoms with E-state index in [0.29, 0.717) is 0 Å². The summed E-state index contributed by atoms with van der Waals surface area (Å²) in [5.74, 6) is 3.36. The highest BCUT2D eigenvalue weighted by Gasteiger charge is 2.34. The molecule has 4 heteroatoms. The van der Waals surface area contributed by atoms with E-state index in [1.807, 2.05) is 23.9 Å². The van der Waals surface area contributed by atoms with Gasteiger partial charge in [-0.3, -0.25) is 4.90 Å². The third-order valence-electron chi connectivity index (χ3n) is 4.19. The van der Waals surface area contributed by atoms with Crippen LogP contribution in [0.15, 0.2) is 24.3 Å².